The summed E-state index contributed by atoms with van der Waals surface area (Å²) >= 11 is 3.01. The van der Waals surface area contributed by atoms with Gasteiger partial charge in [0, 0.05) is 58.2 Å². The molecule has 0 aliphatic heterocycles. The zero-order valence-electron chi connectivity index (χ0n) is 27.6. The molecule has 4 aromatic heterocycles. The number of guanidine groups is 1. The highest BCUT2D eigenvalue weighted by atomic mass is 79.9. The first-order valence-electron chi connectivity index (χ1n) is 14.7. The summed E-state index contributed by atoms with van der Waals surface area (Å²) in [5, 5.41) is 13.7. The molecule has 4 aromatic rings. The van der Waals surface area contributed by atoms with E-state index in [1.165, 1.54) is 18.2 Å². The van der Waals surface area contributed by atoms with Crippen LogP contribution in [0.2, 0.25) is 0 Å². The van der Waals surface area contributed by atoms with Crippen LogP contribution < -0.4 is 38.1 Å². The van der Waals surface area contributed by atoms with Gasteiger partial charge in [-0.05, 0) is 47.1 Å². The third-order valence-corrected chi connectivity index (χ3v) is 7.41. The van der Waals surface area contributed by atoms with E-state index < -0.39 is 23.6 Å². The highest BCUT2D eigenvalue weighted by Crippen LogP contribution is 2.21. The van der Waals surface area contributed by atoms with Gasteiger partial charge < -0.3 is 56.7 Å². The van der Waals surface area contributed by atoms with Crippen molar-refractivity contribution in [2.75, 3.05) is 27.8 Å². The number of carbonyl (C=O) groups is 5. The lowest BCUT2D eigenvalue weighted by Gasteiger charge is -2.08. The normalized spacial score (nSPS) is 11.1. The molecule has 0 spiro atoms. The summed E-state index contributed by atoms with van der Waals surface area (Å²) in [6, 6.07) is 5.92. The average Bonchev–Trinajstić information content (AvgIpc) is 3.78. The van der Waals surface area contributed by atoms with Crippen molar-refractivity contribution in [3.63, 3.8) is 0 Å². The molecule has 0 aliphatic rings. The van der Waals surface area contributed by atoms with Crippen molar-refractivity contribution in [1.82, 2.24) is 24.0 Å². The van der Waals surface area contributed by atoms with Gasteiger partial charge in [-0.1, -0.05) is 6.58 Å². The number of amides is 5. The maximum Gasteiger partial charge on any atom is 0.272 e. The van der Waals surface area contributed by atoms with Crippen LogP contribution in [-0.2, 0) is 37.2 Å². The number of H-pyrrole nitrogens is 1. The Morgan fingerprint density at radius 1 is 0.800 bits per heavy atom. The largest absolute Gasteiger partial charge is 0.370 e. The number of aliphatic imine (C=N–C) groups is 1. The predicted octanol–water partition coefficient (Wildman–Crippen LogP) is 2.38. The summed E-state index contributed by atoms with van der Waals surface area (Å²) < 4.78 is 4.81. The first-order valence-corrected chi connectivity index (χ1v) is 15.5. The number of anilines is 4. The zero-order valence-corrected chi connectivity index (χ0v) is 30.0. The standard InChI is InChI=1S/C31H37BrN12O5.ClH/c1-16(37-31(33)34)11-36-26(45)10-18-6-19(12-35-18)38-28(47)23-8-21(14-43(23)4)40-30(49)25-9-22(15-44(25)5)41-29(48)24-7-20(13-42(24)3)39-27(46)17(2)32;/h6-9,12-16,35H,2,10-11H2,1,3-5H3,(H,36,45)(H,38,47)(H,39,46)(H,40,49)(H,41,48)(H4,33,34,37);1H. The topological polar surface area (TPSA) is 240 Å². The molecule has 0 saturated heterocycles. The summed E-state index contributed by atoms with van der Waals surface area (Å²) in [4.78, 5) is 70.2. The highest BCUT2D eigenvalue weighted by molar-refractivity contribution is 9.12. The van der Waals surface area contributed by atoms with E-state index in [0.717, 1.165) is 0 Å². The first kappa shape index (κ1) is 38.7. The number of hydrogen-bond donors (Lipinski definition) is 8. The molecule has 0 aliphatic carbocycles. The lowest BCUT2D eigenvalue weighted by Crippen LogP contribution is -2.33. The fourth-order valence-electron chi connectivity index (χ4n) is 4.77. The second-order valence-corrected chi connectivity index (χ2v) is 12.2. The molecule has 1 atom stereocenters. The molecular formula is C31H38BrClN12O5. The minimum Gasteiger partial charge on any atom is -0.370 e. The van der Waals surface area contributed by atoms with Gasteiger partial charge in [-0.25, -0.2) is 4.99 Å². The van der Waals surface area contributed by atoms with E-state index in [0.29, 0.717) is 28.4 Å². The van der Waals surface area contributed by atoms with E-state index in [1.807, 2.05) is 0 Å². The van der Waals surface area contributed by atoms with E-state index >= 15 is 0 Å². The molecule has 50 heavy (non-hydrogen) atoms. The van der Waals surface area contributed by atoms with Gasteiger partial charge in [-0.3, -0.25) is 24.0 Å². The number of nitrogens with zero attached hydrogens (tertiary/aromatic N) is 4. The third kappa shape index (κ3) is 10.1. The minimum atomic E-state index is -0.472. The molecule has 19 heteroatoms. The number of rotatable bonds is 13. The van der Waals surface area contributed by atoms with Crippen molar-refractivity contribution in [3.05, 3.63) is 82.9 Å². The van der Waals surface area contributed by atoms with Crippen LogP contribution in [-0.4, -0.2) is 66.8 Å². The van der Waals surface area contributed by atoms with Gasteiger partial charge in [-0.15, -0.1) is 12.4 Å². The number of nitrogens with one attached hydrogen (secondary N) is 6. The maximum absolute atomic E-state index is 13.2. The summed E-state index contributed by atoms with van der Waals surface area (Å²) in [5.41, 5.74) is 13.7. The van der Waals surface area contributed by atoms with Gasteiger partial charge in [0.25, 0.3) is 23.6 Å². The molecule has 10 N–H and O–H groups in total. The predicted molar refractivity (Wildman–Crippen MR) is 197 cm³/mol. The number of aromatic amines is 1. The second kappa shape index (κ2) is 16.6. The molecule has 5 amide bonds. The maximum atomic E-state index is 13.2. The van der Waals surface area contributed by atoms with E-state index in [2.05, 4.69) is 59.1 Å². The van der Waals surface area contributed by atoms with Crippen molar-refractivity contribution in [2.24, 2.45) is 37.6 Å². The molecule has 1 unspecified atom stereocenters. The molecule has 0 saturated carbocycles. The van der Waals surface area contributed by atoms with Gasteiger partial charge in [0.05, 0.1) is 39.7 Å². The monoisotopic (exact) mass is 772 g/mol. The molecule has 0 bridgehead atoms. The molecule has 0 fully saturated rings. The Kier molecular flexibility index (Phi) is 12.8. The van der Waals surface area contributed by atoms with Crippen LogP contribution in [0.1, 0.15) is 44.1 Å². The molecular weight excluding hydrogens is 736 g/mol. The highest BCUT2D eigenvalue weighted by Gasteiger charge is 2.19. The molecule has 0 radical (unpaired) electrons. The Morgan fingerprint density at radius 3 is 1.68 bits per heavy atom. The van der Waals surface area contributed by atoms with Crippen LogP contribution in [0.3, 0.4) is 0 Å². The van der Waals surface area contributed by atoms with E-state index in [9.17, 15) is 24.0 Å². The molecule has 266 valence electrons. The number of aromatic nitrogens is 4. The quantitative estimate of drug-likeness (QED) is 0.0573. The van der Waals surface area contributed by atoms with Crippen LogP contribution in [0.4, 0.5) is 22.7 Å². The fourth-order valence-corrected chi connectivity index (χ4v) is 4.87. The van der Waals surface area contributed by atoms with E-state index in [1.54, 1.807) is 72.6 Å². The average molecular weight is 774 g/mol. The molecule has 17 nitrogen and oxygen atoms in total. The lowest BCUT2D eigenvalue weighted by atomic mass is 10.2. The Morgan fingerprint density at radius 2 is 1.24 bits per heavy atom. The first-order chi connectivity index (χ1) is 23.1. The van der Waals surface area contributed by atoms with Gasteiger partial charge in [0.15, 0.2) is 5.96 Å². The van der Waals surface area contributed by atoms with Gasteiger partial charge in [-0.2, -0.15) is 0 Å². The number of halogens is 2. The smallest absolute Gasteiger partial charge is 0.272 e. The van der Waals surface area contributed by atoms with Gasteiger partial charge >= 0.3 is 0 Å². The Bertz CT molecular complexity index is 1970. The van der Waals surface area contributed by atoms with Gasteiger partial charge in [0.1, 0.15) is 17.1 Å². The van der Waals surface area contributed by atoms with Crippen molar-refractivity contribution >= 4 is 86.6 Å². The zero-order chi connectivity index (χ0) is 36.0. The summed E-state index contributed by atoms with van der Waals surface area (Å²) in [6.07, 6.45) is 6.37. The van der Waals surface area contributed by atoms with Crippen LogP contribution in [0.5, 0.6) is 0 Å². The summed E-state index contributed by atoms with van der Waals surface area (Å²) in [7, 11) is 4.97. The SMILES string of the molecule is C=C(Br)C(=O)Nc1cc(C(=O)Nc2cc(C(=O)Nc3cc(C(=O)Nc4c[nH]c(CC(=O)NCC(C)N=C(N)N)c4)n(C)c3)n(C)c2)n(C)c1.Cl. The van der Waals surface area contributed by atoms with E-state index in [-0.39, 0.29) is 64.8 Å². The van der Waals surface area contributed by atoms with Crippen molar-refractivity contribution in [3.8, 4) is 0 Å². The minimum absolute atomic E-state index is 0. The number of hydrogen-bond acceptors (Lipinski definition) is 6. The van der Waals surface area contributed by atoms with Crippen molar-refractivity contribution in [2.45, 2.75) is 19.4 Å². The third-order valence-electron chi connectivity index (χ3n) is 7.05. The number of carbonyl (C=O) groups excluding carboxylic acids is 5. The van der Waals surface area contributed by atoms with Crippen LogP contribution in [0.25, 0.3) is 0 Å². The van der Waals surface area contributed by atoms with E-state index in [4.69, 9.17) is 11.5 Å². The van der Waals surface area contributed by atoms with Crippen LogP contribution >= 0.6 is 28.3 Å². The number of aryl methyl sites for hydroxylation is 3. The number of nitrogens with two attached hydrogens (primary N) is 2. The molecule has 4 rings (SSSR count). The van der Waals surface area contributed by atoms with Crippen molar-refractivity contribution in [1.29, 1.82) is 0 Å². The molecule has 4 heterocycles. The Balaban J connectivity index is 0.00000676. The van der Waals surface area contributed by atoms with Crippen molar-refractivity contribution < 1.29 is 24.0 Å². The lowest BCUT2D eigenvalue weighted by molar-refractivity contribution is -0.120. The van der Waals surface area contributed by atoms with Crippen LogP contribution in [0.15, 0.2) is 65.1 Å². The summed E-state index contributed by atoms with van der Waals surface area (Å²) in [5.74, 6) is -2.11. The Labute approximate surface area is 301 Å². The van der Waals surface area contributed by atoms with Gasteiger partial charge in [0.2, 0.25) is 5.91 Å². The van der Waals surface area contributed by atoms with Crippen LogP contribution in [0, 0.1) is 0 Å². The Hall–Kier alpha value is -5.75. The molecule has 0 aromatic carbocycles. The fraction of sp³-hybridized carbons (Fsp3) is 0.226. The second-order valence-electron chi connectivity index (χ2n) is 11.2. The summed E-state index contributed by atoms with van der Waals surface area (Å²) in [6.45, 7) is 5.55.